The van der Waals surface area contributed by atoms with E-state index in [0.29, 0.717) is 40.9 Å². The highest BCUT2D eigenvalue weighted by molar-refractivity contribution is 5.62. The third-order valence-corrected chi connectivity index (χ3v) is 9.37. The molecule has 0 saturated heterocycles. The Morgan fingerprint density at radius 1 is 0.844 bits per heavy atom. The number of nitrogens with zero attached hydrogens (tertiary/aromatic N) is 1. The van der Waals surface area contributed by atoms with E-state index in [1.54, 1.807) is 21.3 Å². The number of phenols is 1. The molecule has 4 aliphatic heterocycles. The second-order valence-electron chi connectivity index (χ2n) is 12.1. The minimum Gasteiger partial charge on any atom is -0.502 e. The first-order valence-electron chi connectivity index (χ1n) is 15.4. The average Bonchev–Trinajstić information content (AvgIpc) is 3.05. The van der Waals surface area contributed by atoms with E-state index >= 15 is 0 Å². The third kappa shape index (κ3) is 5.24. The molecule has 2 atom stereocenters. The number of hydrogen-bond acceptors (Lipinski definition) is 7. The van der Waals surface area contributed by atoms with Gasteiger partial charge < -0.3 is 33.7 Å². The van der Waals surface area contributed by atoms with Crippen LogP contribution in [0.3, 0.4) is 0 Å². The lowest BCUT2D eigenvalue weighted by Gasteiger charge is -2.35. The number of fused-ring (bicyclic) bond motifs is 2. The smallest absolute Gasteiger partial charge is 0.202 e. The lowest BCUT2D eigenvalue weighted by atomic mass is 9.88. The number of ether oxygens (including phenoxy) is 5. The molecule has 0 spiro atoms. The van der Waals surface area contributed by atoms with E-state index < -0.39 is 0 Å². The van der Waals surface area contributed by atoms with Crippen LogP contribution in [0.15, 0.2) is 60.7 Å². The van der Waals surface area contributed by atoms with E-state index in [1.165, 1.54) is 21.6 Å². The lowest BCUT2D eigenvalue weighted by Crippen LogP contribution is -3.08. The summed E-state index contributed by atoms with van der Waals surface area (Å²) in [6.07, 6.45) is 4.49. The van der Waals surface area contributed by atoms with Crippen molar-refractivity contribution in [2.24, 2.45) is 0 Å². The van der Waals surface area contributed by atoms with Gasteiger partial charge in [-0.15, -0.1) is 0 Å². The first-order valence-corrected chi connectivity index (χ1v) is 15.4. The molecule has 0 amide bonds. The fraction of sp³-hybridized carbons (Fsp3) is 0.297. The molecule has 4 aliphatic rings. The van der Waals surface area contributed by atoms with Gasteiger partial charge in [-0.25, -0.2) is 0 Å². The highest BCUT2D eigenvalue weighted by atomic mass is 16.5. The van der Waals surface area contributed by atoms with Crippen molar-refractivity contribution in [3.63, 3.8) is 0 Å². The van der Waals surface area contributed by atoms with E-state index in [0.717, 1.165) is 53.4 Å². The van der Waals surface area contributed by atoms with Crippen LogP contribution in [0.4, 0.5) is 0 Å². The number of hydrogen-bond donors (Lipinski definition) is 2. The average molecular weight is 608 g/mol. The number of phenolic OH excluding ortho intramolecular Hbond substituents is 1. The van der Waals surface area contributed by atoms with Crippen LogP contribution in [0.5, 0.6) is 46.0 Å². The molecule has 0 saturated carbocycles. The largest absolute Gasteiger partial charge is 0.502 e. The maximum atomic E-state index is 11.6. The molecule has 0 fully saturated rings. The molecule has 232 valence electrons. The van der Waals surface area contributed by atoms with Gasteiger partial charge in [0, 0.05) is 19.0 Å². The van der Waals surface area contributed by atoms with E-state index in [-0.39, 0.29) is 11.8 Å². The Morgan fingerprint density at radius 2 is 1.58 bits per heavy atom. The van der Waals surface area contributed by atoms with E-state index in [1.807, 2.05) is 30.3 Å². The summed E-state index contributed by atoms with van der Waals surface area (Å²) in [6, 6.07) is 20.5. The van der Waals surface area contributed by atoms with E-state index in [2.05, 4.69) is 55.4 Å². The highest BCUT2D eigenvalue weighted by Gasteiger charge is 2.29. The van der Waals surface area contributed by atoms with Crippen LogP contribution in [0, 0.1) is 0 Å². The van der Waals surface area contributed by atoms with Gasteiger partial charge in [-0.2, -0.15) is 0 Å². The molecule has 0 aromatic heterocycles. The van der Waals surface area contributed by atoms with E-state index in [9.17, 15) is 5.11 Å². The first kappa shape index (κ1) is 29.1. The summed E-state index contributed by atoms with van der Waals surface area (Å²) in [5.74, 6) is 3.92. The van der Waals surface area contributed by atoms with Crippen LogP contribution >= 0.6 is 0 Å². The summed E-state index contributed by atoms with van der Waals surface area (Å²) >= 11 is 0. The molecule has 0 aliphatic carbocycles. The fourth-order valence-electron chi connectivity index (χ4n) is 6.82. The Kier molecular flexibility index (Phi) is 7.55. The topological polar surface area (TPSA) is 74.1 Å². The van der Waals surface area contributed by atoms with Crippen LogP contribution in [-0.2, 0) is 19.3 Å². The second kappa shape index (κ2) is 11.7. The number of benzene rings is 4. The number of methoxy groups -OCH3 is 3. The maximum Gasteiger partial charge on any atom is 0.202 e. The van der Waals surface area contributed by atoms with Crippen LogP contribution < -0.4 is 39.0 Å². The number of quaternary nitrogens is 1. The minimum atomic E-state index is -0.0435. The summed E-state index contributed by atoms with van der Waals surface area (Å²) < 4.78 is 30.4. The Hall–Kier alpha value is -4.66. The molecule has 45 heavy (non-hydrogen) atoms. The van der Waals surface area contributed by atoms with Crippen molar-refractivity contribution < 1.29 is 33.7 Å². The van der Waals surface area contributed by atoms with Gasteiger partial charge in [-0.05, 0) is 95.9 Å². The monoisotopic (exact) mass is 607 g/mol. The summed E-state index contributed by atoms with van der Waals surface area (Å²) in [5.41, 5.74) is 5.76. The summed E-state index contributed by atoms with van der Waals surface area (Å²) in [7, 11) is 9.18. The quantitative estimate of drug-likeness (QED) is 0.368. The van der Waals surface area contributed by atoms with Crippen molar-refractivity contribution in [3.8, 4) is 46.0 Å². The van der Waals surface area contributed by atoms with Crippen molar-refractivity contribution in [1.29, 1.82) is 0 Å². The first-order chi connectivity index (χ1) is 21.9. The molecule has 2 N–H and O–H groups in total. The zero-order valence-electron chi connectivity index (χ0n) is 26.4. The molecule has 4 aromatic carbocycles. The second-order valence-corrected chi connectivity index (χ2v) is 12.1. The van der Waals surface area contributed by atoms with Gasteiger partial charge in [-0.3, -0.25) is 4.90 Å². The van der Waals surface area contributed by atoms with Crippen molar-refractivity contribution in [1.82, 2.24) is 4.90 Å². The third-order valence-electron chi connectivity index (χ3n) is 9.37. The molecule has 0 radical (unpaired) electrons. The molecular weight excluding hydrogens is 568 g/mol. The molecular formula is C37H39N2O6+. The number of likely N-dealkylation sites (N-methyl/N-ethyl adjacent to an activating group) is 2. The summed E-state index contributed by atoms with van der Waals surface area (Å²) in [6.45, 7) is 1.71. The Morgan fingerprint density at radius 3 is 2.33 bits per heavy atom. The number of nitrogens with one attached hydrogen (secondary N) is 1. The molecule has 6 bridgehead atoms. The standard InChI is InChI=1S/C37H38N2O6/c1-38-14-12-24-19-31(42-4)33-21-27(24)28(38)16-22-6-9-26(10-7-22)44-32-18-23(8-11-30(32)41-3)17-29-35-25(13-15-39(29)2)20-34(43-5)36(40)37(35)45-33/h6-11,13,18-21,28,40H,12,14-17H2,1-5H3/p+1/t28-/m1/s1. The van der Waals surface area contributed by atoms with Crippen molar-refractivity contribution in [2.75, 3.05) is 48.5 Å². The van der Waals surface area contributed by atoms with E-state index in [4.69, 9.17) is 23.7 Å². The van der Waals surface area contributed by atoms with Crippen molar-refractivity contribution >= 4 is 11.8 Å². The normalized spacial score (nSPS) is 18.8. The molecule has 8 heteroatoms. The molecule has 8 rings (SSSR count). The summed E-state index contributed by atoms with van der Waals surface area (Å²) in [5, 5.41) is 13.4. The van der Waals surface area contributed by atoms with Gasteiger partial charge in [0.15, 0.2) is 34.5 Å². The van der Waals surface area contributed by atoms with Gasteiger partial charge in [0.2, 0.25) is 5.75 Å². The van der Waals surface area contributed by atoms with Crippen LogP contribution in [-0.4, -0.2) is 58.5 Å². The predicted molar refractivity (Wildman–Crippen MR) is 173 cm³/mol. The Balaban J connectivity index is 1.51. The lowest BCUT2D eigenvalue weighted by molar-refractivity contribution is -0.797. The number of aromatic hydroxyl groups is 1. The van der Waals surface area contributed by atoms with Gasteiger partial charge in [-0.1, -0.05) is 18.2 Å². The van der Waals surface area contributed by atoms with Gasteiger partial charge in [0.1, 0.15) is 18.0 Å². The summed E-state index contributed by atoms with van der Waals surface area (Å²) in [4.78, 5) is 3.58. The van der Waals surface area contributed by atoms with Crippen molar-refractivity contribution in [2.45, 2.75) is 25.3 Å². The molecule has 4 aromatic rings. The SMILES string of the molecule is COc1ccc2cc1Oc1ccc(cc1)C[C@@H]1c3cc(c(OC)cc3CCN1C)Oc1c(O)c(OC)cc3c1=C(C2)[NH+](C)CC=3. The predicted octanol–water partition coefficient (Wildman–Crippen LogP) is 3.75. The molecule has 8 nitrogen and oxygen atoms in total. The zero-order chi connectivity index (χ0) is 31.2. The highest BCUT2D eigenvalue weighted by Crippen LogP contribution is 2.43. The Labute approximate surface area is 263 Å². The molecule has 1 unspecified atom stereocenters. The number of rotatable bonds is 3. The van der Waals surface area contributed by atoms with Crippen LogP contribution in [0.2, 0.25) is 0 Å². The van der Waals surface area contributed by atoms with Gasteiger partial charge in [0.25, 0.3) is 0 Å². The van der Waals surface area contributed by atoms with Crippen molar-refractivity contribution in [3.05, 3.63) is 93.4 Å². The van der Waals surface area contributed by atoms with Gasteiger partial charge >= 0.3 is 0 Å². The fourth-order valence-corrected chi connectivity index (χ4v) is 6.82. The van der Waals surface area contributed by atoms with Crippen LogP contribution in [0.25, 0.3) is 11.8 Å². The van der Waals surface area contributed by atoms with Gasteiger partial charge in [0.05, 0.1) is 33.6 Å². The minimum absolute atomic E-state index is 0.0435. The maximum absolute atomic E-state index is 11.6. The zero-order valence-corrected chi connectivity index (χ0v) is 26.4. The van der Waals surface area contributed by atoms with Crippen LogP contribution in [0.1, 0.15) is 28.3 Å². The Bertz CT molecular complexity index is 1900. The molecule has 4 heterocycles.